The lowest BCUT2D eigenvalue weighted by atomic mass is 10.2. The number of nitrogens with two attached hydrogens (primary N) is 1. The van der Waals surface area contributed by atoms with Crippen molar-refractivity contribution in [3.05, 3.63) is 64.1 Å². The number of aryl methyl sites for hydroxylation is 1. The summed E-state index contributed by atoms with van der Waals surface area (Å²) in [5, 5.41) is 11.3. The van der Waals surface area contributed by atoms with Crippen molar-refractivity contribution < 1.29 is 13.6 Å². The maximum atomic E-state index is 12.2. The number of amides is 1. The molecular weight excluding hydrogens is 346 g/mol. The summed E-state index contributed by atoms with van der Waals surface area (Å²) in [6, 6.07) is 5.65. The van der Waals surface area contributed by atoms with Gasteiger partial charge in [-0.3, -0.25) is 9.89 Å². The molecule has 0 unspecified atom stereocenters. The smallest absolute Gasteiger partial charge is 0.261 e. The van der Waals surface area contributed by atoms with Crippen LogP contribution in [0.15, 0.2) is 42.0 Å². The Morgan fingerprint density at radius 3 is 2.68 bits per heavy atom. The molecular formula is C17H18F2N4OS. The molecule has 0 atom stereocenters. The van der Waals surface area contributed by atoms with E-state index in [4.69, 9.17) is 5.73 Å². The molecule has 5 nitrogen and oxygen atoms in total. The maximum Gasteiger partial charge on any atom is 0.261 e. The highest BCUT2D eigenvalue weighted by molar-refractivity contribution is 7.12. The molecule has 0 saturated heterocycles. The van der Waals surface area contributed by atoms with Crippen molar-refractivity contribution in [2.45, 2.75) is 6.92 Å². The van der Waals surface area contributed by atoms with Gasteiger partial charge in [-0.1, -0.05) is 6.07 Å². The molecule has 0 aliphatic carbocycles. The van der Waals surface area contributed by atoms with E-state index in [9.17, 15) is 13.6 Å². The number of aromatic nitrogens is 2. The Morgan fingerprint density at radius 1 is 1.28 bits per heavy atom. The van der Waals surface area contributed by atoms with Gasteiger partial charge in [-0.15, -0.1) is 11.3 Å². The van der Waals surface area contributed by atoms with Crippen LogP contribution in [-0.4, -0.2) is 29.2 Å². The monoisotopic (exact) mass is 364 g/mol. The molecule has 132 valence electrons. The summed E-state index contributed by atoms with van der Waals surface area (Å²) >= 11 is 1.41. The molecule has 1 amide bonds. The molecule has 0 saturated carbocycles. The van der Waals surface area contributed by atoms with Gasteiger partial charge in [0, 0.05) is 24.8 Å². The molecule has 3 aromatic rings. The third-order valence-electron chi connectivity index (χ3n) is 3.16. The Labute approximate surface area is 147 Å². The minimum atomic E-state index is -0.791. The highest BCUT2D eigenvalue weighted by Gasteiger charge is 2.09. The van der Waals surface area contributed by atoms with Crippen LogP contribution in [0, 0.1) is 18.6 Å². The summed E-state index contributed by atoms with van der Waals surface area (Å²) in [6.45, 7) is 2.66. The van der Waals surface area contributed by atoms with E-state index in [0.717, 1.165) is 28.8 Å². The fourth-order valence-electron chi connectivity index (χ4n) is 1.89. The molecule has 2 heterocycles. The molecule has 3 rings (SSSR count). The Bertz CT molecular complexity index is 818. The van der Waals surface area contributed by atoms with Gasteiger partial charge in [0.15, 0.2) is 11.6 Å². The second kappa shape index (κ2) is 9.05. The average molecular weight is 364 g/mol. The van der Waals surface area contributed by atoms with Crippen molar-refractivity contribution in [3.8, 4) is 11.1 Å². The number of carbonyl (C=O) groups excluding carboxylic acids is 1. The fraction of sp³-hybridized carbons (Fsp3) is 0.176. The van der Waals surface area contributed by atoms with Crippen LogP contribution in [0.1, 0.15) is 15.2 Å². The van der Waals surface area contributed by atoms with Crippen LogP contribution in [0.25, 0.3) is 11.1 Å². The predicted molar refractivity (Wildman–Crippen MR) is 94.4 cm³/mol. The van der Waals surface area contributed by atoms with E-state index in [1.807, 2.05) is 11.4 Å². The average Bonchev–Trinajstić information content (AvgIpc) is 3.27. The van der Waals surface area contributed by atoms with Gasteiger partial charge in [0.2, 0.25) is 0 Å². The van der Waals surface area contributed by atoms with E-state index in [1.54, 1.807) is 19.3 Å². The van der Waals surface area contributed by atoms with E-state index < -0.39 is 11.6 Å². The Hall–Kier alpha value is -2.58. The van der Waals surface area contributed by atoms with Crippen molar-refractivity contribution in [2.75, 3.05) is 13.1 Å². The predicted octanol–water partition coefficient (Wildman–Crippen LogP) is 3.10. The van der Waals surface area contributed by atoms with Crippen molar-refractivity contribution >= 4 is 17.2 Å². The summed E-state index contributed by atoms with van der Waals surface area (Å²) < 4.78 is 24.3. The first-order valence-corrected chi connectivity index (χ1v) is 8.37. The molecule has 25 heavy (non-hydrogen) atoms. The normalized spacial score (nSPS) is 10.1. The van der Waals surface area contributed by atoms with Gasteiger partial charge >= 0.3 is 0 Å². The summed E-state index contributed by atoms with van der Waals surface area (Å²) in [5.74, 6) is -1.65. The summed E-state index contributed by atoms with van der Waals surface area (Å²) in [5.41, 5.74) is 8.02. The number of nitrogens with one attached hydrogen (secondary N) is 2. The molecule has 2 aromatic heterocycles. The minimum absolute atomic E-state index is 0.0785. The van der Waals surface area contributed by atoms with Crippen molar-refractivity contribution in [1.82, 2.24) is 15.5 Å². The number of benzene rings is 1. The lowest BCUT2D eigenvalue weighted by Crippen LogP contribution is -2.28. The molecule has 0 radical (unpaired) electrons. The van der Waals surface area contributed by atoms with Crippen LogP contribution in [0.4, 0.5) is 8.78 Å². The highest BCUT2D eigenvalue weighted by Crippen LogP contribution is 2.24. The first-order valence-electron chi connectivity index (χ1n) is 7.49. The van der Waals surface area contributed by atoms with Gasteiger partial charge in [-0.25, -0.2) is 8.78 Å². The van der Waals surface area contributed by atoms with E-state index in [2.05, 4.69) is 15.5 Å². The van der Waals surface area contributed by atoms with Crippen LogP contribution < -0.4 is 11.1 Å². The van der Waals surface area contributed by atoms with Gasteiger partial charge < -0.3 is 11.1 Å². The summed E-state index contributed by atoms with van der Waals surface area (Å²) in [4.78, 5) is 12.3. The van der Waals surface area contributed by atoms with Crippen LogP contribution >= 0.6 is 11.3 Å². The number of aromatic amines is 1. The zero-order valence-corrected chi connectivity index (χ0v) is 14.4. The van der Waals surface area contributed by atoms with Crippen molar-refractivity contribution in [3.63, 3.8) is 0 Å². The molecule has 0 fully saturated rings. The third kappa shape index (κ3) is 5.47. The quantitative estimate of drug-likeness (QED) is 0.665. The number of hydrogen-bond acceptors (Lipinski definition) is 4. The lowest BCUT2D eigenvalue weighted by Gasteiger charge is -1.99. The second-order valence-electron chi connectivity index (χ2n) is 5.15. The largest absolute Gasteiger partial charge is 0.350 e. The van der Waals surface area contributed by atoms with Gasteiger partial charge in [0.05, 0.1) is 11.1 Å². The van der Waals surface area contributed by atoms with Crippen molar-refractivity contribution in [2.24, 2.45) is 5.73 Å². The number of halogens is 2. The zero-order valence-electron chi connectivity index (χ0n) is 13.6. The maximum absolute atomic E-state index is 12.2. The standard InChI is InChI=1S/C10H12N4OS.C7H6F2/c11-1-2-12-10(15)9-3-7(6-16-9)8-4-13-14-5-8;1-5-2-3-6(8)7(9)4-5/h3-6H,1-2,11H2,(H,12,15)(H,13,14);2-4H,1H3. The Balaban J connectivity index is 0.000000212. The zero-order chi connectivity index (χ0) is 18.2. The Morgan fingerprint density at radius 2 is 2.08 bits per heavy atom. The van der Waals surface area contributed by atoms with Crippen molar-refractivity contribution in [1.29, 1.82) is 0 Å². The third-order valence-corrected chi connectivity index (χ3v) is 4.09. The lowest BCUT2D eigenvalue weighted by molar-refractivity contribution is 0.0959. The highest BCUT2D eigenvalue weighted by atomic mass is 32.1. The van der Waals surface area contributed by atoms with Crippen LogP contribution in [-0.2, 0) is 0 Å². The number of nitrogens with zero attached hydrogens (tertiary/aromatic N) is 1. The van der Waals surface area contributed by atoms with E-state index in [-0.39, 0.29) is 5.91 Å². The van der Waals surface area contributed by atoms with Gasteiger partial charge in [0.25, 0.3) is 5.91 Å². The van der Waals surface area contributed by atoms with Crippen LogP contribution in [0.5, 0.6) is 0 Å². The van der Waals surface area contributed by atoms with Gasteiger partial charge in [0.1, 0.15) is 0 Å². The van der Waals surface area contributed by atoms with Gasteiger partial charge in [-0.2, -0.15) is 5.10 Å². The number of hydrogen-bond donors (Lipinski definition) is 3. The molecule has 0 aliphatic rings. The fourth-order valence-corrected chi connectivity index (χ4v) is 2.72. The summed E-state index contributed by atoms with van der Waals surface area (Å²) in [6.07, 6.45) is 3.52. The summed E-state index contributed by atoms with van der Waals surface area (Å²) in [7, 11) is 0. The second-order valence-corrected chi connectivity index (χ2v) is 6.06. The molecule has 4 N–H and O–H groups in total. The first-order chi connectivity index (χ1) is 12.0. The number of rotatable bonds is 4. The van der Waals surface area contributed by atoms with Crippen LogP contribution in [0.2, 0.25) is 0 Å². The van der Waals surface area contributed by atoms with Crippen LogP contribution in [0.3, 0.4) is 0 Å². The minimum Gasteiger partial charge on any atom is -0.350 e. The van der Waals surface area contributed by atoms with E-state index in [0.29, 0.717) is 18.0 Å². The molecule has 0 bridgehead atoms. The van der Waals surface area contributed by atoms with E-state index >= 15 is 0 Å². The topological polar surface area (TPSA) is 83.8 Å². The number of H-pyrrole nitrogens is 1. The Kier molecular flexibility index (Phi) is 6.79. The van der Waals surface area contributed by atoms with Gasteiger partial charge in [-0.05, 0) is 41.6 Å². The molecule has 8 heteroatoms. The SMILES string of the molecule is Cc1ccc(F)c(F)c1.NCCNC(=O)c1cc(-c2cn[nH]c2)cs1. The number of carbonyl (C=O) groups is 1. The molecule has 0 aliphatic heterocycles. The van der Waals surface area contributed by atoms with E-state index in [1.165, 1.54) is 17.4 Å². The molecule has 0 spiro atoms. The first kappa shape index (κ1) is 18.8. The molecule has 1 aromatic carbocycles. The number of thiophene rings is 1.